The van der Waals surface area contributed by atoms with E-state index in [-0.39, 0.29) is 12.1 Å². The number of benzene rings is 2. The molecule has 0 spiro atoms. The molecule has 2 aromatic rings. The SMILES string of the molecule is O=C[N+]([O-])(Oc1ccccc1)c1ccccc1. The van der Waals surface area contributed by atoms with Gasteiger partial charge >= 0.3 is 6.41 Å². The molecular formula is C13H11NO3. The molecule has 0 aromatic heterocycles. The number of rotatable bonds is 4. The molecule has 0 N–H and O–H groups in total. The lowest BCUT2D eigenvalue weighted by Crippen LogP contribution is -2.45. The zero-order valence-corrected chi connectivity index (χ0v) is 9.02. The number of hydroxylamine groups is 2. The highest BCUT2D eigenvalue weighted by Crippen LogP contribution is 2.22. The Morgan fingerprint density at radius 1 is 0.941 bits per heavy atom. The molecule has 0 aliphatic heterocycles. The summed E-state index contributed by atoms with van der Waals surface area (Å²) in [5.74, 6) is 0.346. The predicted octanol–water partition coefficient (Wildman–Crippen LogP) is 2.64. The molecule has 0 aliphatic carbocycles. The highest BCUT2D eigenvalue weighted by atomic mass is 16.9. The number of hydrogen-bond donors (Lipinski definition) is 0. The van der Waals surface area contributed by atoms with Gasteiger partial charge in [-0.25, -0.2) is 4.79 Å². The summed E-state index contributed by atoms with van der Waals surface area (Å²) in [5.41, 5.74) is 0.228. The van der Waals surface area contributed by atoms with E-state index in [1.54, 1.807) is 60.7 Å². The Labute approximate surface area is 98.8 Å². The summed E-state index contributed by atoms with van der Waals surface area (Å²) in [6, 6.07) is 16.7. The fourth-order valence-electron chi connectivity index (χ4n) is 1.41. The van der Waals surface area contributed by atoms with Crippen molar-refractivity contribution in [2.45, 2.75) is 0 Å². The van der Waals surface area contributed by atoms with Crippen molar-refractivity contribution in [3.63, 3.8) is 0 Å². The van der Waals surface area contributed by atoms with E-state index in [9.17, 15) is 10.0 Å². The Balaban J connectivity index is 2.30. The van der Waals surface area contributed by atoms with Crippen molar-refractivity contribution < 1.29 is 9.63 Å². The van der Waals surface area contributed by atoms with Crippen molar-refractivity contribution in [3.8, 4) is 5.75 Å². The first kappa shape index (κ1) is 11.3. The van der Waals surface area contributed by atoms with Gasteiger partial charge in [0.25, 0.3) is 0 Å². The van der Waals surface area contributed by atoms with Crippen molar-refractivity contribution in [3.05, 3.63) is 65.9 Å². The third-order valence-electron chi connectivity index (χ3n) is 2.24. The number of quaternary nitrogens is 1. The maximum atomic E-state index is 12.2. The van der Waals surface area contributed by atoms with Gasteiger partial charge in [0.05, 0.1) is 0 Å². The van der Waals surface area contributed by atoms with Gasteiger partial charge in [-0.1, -0.05) is 41.2 Å². The second-order valence-electron chi connectivity index (χ2n) is 3.44. The van der Waals surface area contributed by atoms with Gasteiger partial charge in [0, 0.05) is 12.1 Å². The van der Waals surface area contributed by atoms with Gasteiger partial charge in [0.15, 0.2) is 11.4 Å². The molecule has 86 valence electrons. The van der Waals surface area contributed by atoms with Crippen LogP contribution in [0.25, 0.3) is 0 Å². The lowest BCUT2D eigenvalue weighted by molar-refractivity contribution is -0.131. The van der Waals surface area contributed by atoms with Gasteiger partial charge in [0.1, 0.15) is 0 Å². The first-order valence-electron chi connectivity index (χ1n) is 5.11. The molecular weight excluding hydrogens is 218 g/mol. The van der Waals surface area contributed by atoms with E-state index in [0.29, 0.717) is 5.75 Å². The minimum absolute atomic E-state index is 0.211. The molecule has 1 unspecified atom stereocenters. The Morgan fingerprint density at radius 3 is 2.00 bits per heavy atom. The number of carbonyl (C=O) groups is 1. The highest BCUT2D eigenvalue weighted by molar-refractivity contribution is 5.68. The van der Waals surface area contributed by atoms with Gasteiger partial charge in [-0.15, -0.1) is 0 Å². The quantitative estimate of drug-likeness (QED) is 0.460. The standard InChI is InChI=1S/C13H11NO3/c15-11-14(16,12-7-3-1-4-8-12)17-13-9-5-2-6-10-13/h1-11H. The Kier molecular flexibility index (Phi) is 3.18. The second-order valence-corrected chi connectivity index (χ2v) is 3.44. The molecule has 2 aromatic carbocycles. The van der Waals surface area contributed by atoms with Crippen molar-refractivity contribution in [1.29, 1.82) is 0 Å². The van der Waals surface area contributed by atoms with Crippen molar-refractivity contribution in [2.75, 3.05) is 0 Å². The lowest BCUT2D eigenvalue weighted by atomic mass is 10.3. The zero-order chi connectivity index (χ0) is 12.1. The molecule has 0 saturated heterocycles. The van der Waals surface area contributed by atoms with Crippen molar-refractivity contribution >= 4 is 12.1 Å². The van der Waals surface area contributed by atoms with E-state index >= 15 is 0 Å². The summed E-state index contributed by atoms with van der Waals surface area (Å²) in [4.78, 5) is 14.6. The molecule has 1 amide bonds. The van der Waals surface area contributed by atoms with E-state index in [2.05, 4.69) is 0 Å². The summed E-state index contributed by atoms with van der Waals surface area (Å²) in [5, 5.41) is 12.2. The first-order chi connectivity index (χ1) is 8.24. The second kappa shape index (κ2) is 4.78. The van der Waals surface area contributed by atoms with Crippen LogP contribution >= 0.6 is 0 Å². The Hall–Kier alpha value is -2.17. The van der Waals surface area contributed by atoms with Crippen molar-refractivity contribution in [1.82, 2.24) is 4.81 Å². The number of para-hydroxylation sites is 2. The third-order valence-corrected chi connectivity index (χ3v) is 2.24. The topological polar surface area (TPSA) is 49.4 Å². The molecule has 1 atom stereocenters. The van der Waals surface area contributed by atoms with E-state index in [1.165, 1.54) is 0 Å². The van der Waals surface area contributed by atoms with Crippen LogP contribution in [0.2, 0.25) is 0 Å². The fourth-order valence-corrected chi connectivity index (χ4v) is 1.41. The van der Waals surface area contributed by atoms with Crippen LogP contribution in [0, 0.1) is 5.21 Å². The molecule has 4 heteroatoms. The van der Waals surface area contributed by atoms with Crippen molar-refractivity contribution in [2.24, 2.45) is 0 Å². The molecule has 0 fully saturated rings. The van der Waals surface area contributed by atoms with Gasteiger partial charge in [-0.05, 0) is 12.1 Å². The van der Waals surface area contributed by atoms with Crippen LogP contribution in [-0.2, 0) is 4.79 Å². The zero-order valence-electron chi connectivity index (χ0n) is 9.02. The van der Waals surface area contributed by atoms with Gasteiger partial charge in [0.2, 0.25) is 0 Å². The van der Waals surface area contributed by atoms with Gasteiger partial charge in [-0.2, -0.15) is 0 Å². The summed E-state index contributed by atoms with van der Waals surface area (Å²) in [7, 11) is 0. The molecule has 4 nitrogen and oxygen atoms in total. The number of hydrogen-bond acceptors (Lipinski definition) is 3. The number of nitrogens with zero attached hydrogens (tertiary/aromatic N) is 1. The Bertz CT molecular complexity index is 487. The third kappa shape index (κ3) is 2.50. The summed E-state index contributed by atoms with van der Waals surface area (Å²) < 4.78 is 0. The maximum Gasteiger partial charge on any atom is 0.348 e. The summed E-state index contributed by atoms with van der Waals surface area (Å²) in [6.07, 6.45) is 0.211. The van der Waals surface area contributed by atoms with Crippen LogP contribution in [0.1, 0.15) is 0 Å². The van der Waals surface area contributed by atoms with Crippen LogP contribution in [-0.4, -0.2) is 6.41 Å². The first-order valence-corrected chi connectivity index (χ1v) is 5.11. The van der Waals surface area contributed by atoms with Crippen LogP contribution in [0.3, 0.4) is 0 Å². The Morgan fingerprint density at radius 2 is 1.47 bits per heavy atom. The molecule has 0 heterocycles. The van der Waals surface area contributed by atoms with Crippen LogP contribution in [0.4, 0.5) is 5.69 Å². The molecule has 2 rings (SSSR count). The van der Waals surface area contributed by atoms with E-state index in [0.717, 1.165) is 0 Å². The van der Waals surface area contributed by atoms with E-state index < -0.39 is 4.81 Å². The average Bonchev–Trinajstić information content (AvgIpc) is 2.41. The average molecular weight is 229 g/mol. The minimum Gasteiger partial charge on any atom is -0.577 e. The smallest absolute Gasteiger partial charge is 0.348 e. The van der Waals surface area contributed by atoms with Crippen LogP contribution < -0.4 is 9.65 Å². The lowest BCUT2D eigenvalue weighted by Gasteiger charge is -2.31. The predicted molar refractivity (Wildman–Crippen MR) is 64.7 cm³/mol. The molecule has 0 saturated carbocycles. The maximum absolute atomic E-state index is 12.2. The minimum atomic E-state index is -1.48. The monoisotopic (exact) mass is 229 g/mol. The summed E-state index contributed by atoms with van der Waals surface area (Å²) in [6.45, 7) is 0. The fraction of sp³-hybridized carbons (Fsp3) is 0. The number of carbonyl (C=O) groups excluding carboxylic acids is 1. The van der Waals surface area contributed by atoms with Gasteiger partial charge in [-0.3, -0.25) is 0 Å². The molecule has 0 bridgehead atoms. The number of amides is 1. The largest absolute Gasteiger partial charge is 0.577 e. The summed E-state index contributed by atoms with van der Waals surface area (Å²) >= 11 is 0. The highest BCUT2D eigenvalue weighted by Gasteiger charge is 2.23. The van der Waals surface area contributed by atoms with Crippen LogP contribution in [0.15, 0.2) is 60.7 Å². The normalized spacial score (nSPS) is 13.7. The molecule has 0 aliphatic rings. The molecule has 17 heavy (non-hydrogen) atoms. The van der Waals surface area contributed by atoms with E-state index in [4.69, 9.17) is 4.84 Å². The van der Waals surface area contributed by atoms with E-state index in [1.807, 2.05) is 0 Å². The van der Waals surface area contributed by atoms with Crippen LogP contribution in [0.5, 0.6) is 5.75 Å². The van der Waals surface area contributed by atoms with Gasteiger partial charge < -0.3 is 10.0 Å². The molecule has 0 radical (unpaired) electrons.